The number of halogens is 2. The van der Waals surface area contributed by atoms with E-state index in [1.165, 1.54) is 11.0 Å². The highest BCUT2D eigenvalue weighted by atomic mass is 19.1. The van der Waals surface area contributed by atoms with E-state index < -0.39 is 17.5 Å². The van der Waals surface area contributed by atoms with Gasteiger partial charge in [0.15, 0.2) is 0 Å². The number of ether oxygens (including phenoxy) is 1. The molecule has 0 saturated heterocycles. The molecule has 0 aliphatic carbocycles. The van der Waals surface area contributed by atoms with Gasteiger partial charge in [-0.2, -0.15) is 4.98 Å². The number of pyridine rings is 1. The van der Waals surface area contributed by atoms with Crippen molar-refractivity contribution >= 4 is 11.6 Å². The molecule has 0 saturated carbocycles. The Kier molecular flexibility index (Phi) is 6.68. The maximum Gasteiger partial charge on any atom is 0.227 e. The molecule has 1 amide bonds. The van der Waals surface area contributed by atoms with Crippen LogP contribution in [0.3, 0.4) is 0 Å². The van der Waals surface area contributed by atoms with Crippen LogP contribution in [0.5, 0.6) is 5.75 Å². The van der Waals surface area contributed by atoms with Crippen molar-refractivity contribution in [1.29, 1.82) is 0 Å². The molecule has 0 aliphatic rings. The van der Waals surface area contributed by atoms with E-state index in [1.807, 2.05) is 0 Å². The smallest absolute Gasteiger partial charge is 0.227 e. The Balaban J connectivity index is 1.49. The number of nitrogens with zero attached hydrogens (tertiary/aromatic N) is 4. The summed E-state index contributed by atoms with van der Waals surface area (Å²) in [5, 5.41) is 3.95. The number of aromatic nitrogens is 3. The maximum atomic E-state index is 14.5. The summed E-state index contributed by atoms with van der Waals surface area (Å²) in [5.41, 5.74) is 1.27. The monoisotopic (exact) mass is 450 g/mol. The highest BCUT2D eigenvalue weighted by molar-refractivity contribution is 5.93. The Morgan fingerprint density at radius 2 is 1.91 bits per heavy atom. The average molecular weight is 450 g/mol. The molecule has 9 heteroatoms. The van der Waals surface area contributed by atoms with Crippen molar-refractivity contribution < 1.29 is 22.8 Å². The molecule has 7 nitrogen and oxygen atoms in total. The van der Waals surface area contributed by atoms with E-state index >= 15 is 0 Å². The summed E-state index contributed by atoms with van der Waals surface area (Å²) in [7, 11) is 1.58. The zero-order valence-electron chi connectivity index (χ0n) is 17.7. The molecule has 0 aliphatic heterocycles. The van der Waals surface area contributed by atoms with E-state index in [-0.39, 0.29) is 31.0 Å². The van der Waals surface area contributed by atoms with Crippen molar-refractivity contribution in [2.45, 2.75) is 19.4 Å². The van der Waals surface area contributed by atoms with Crippen LogP contribution in [0.4, 0.5) is 14.5 Å². The lowest BCUT2D eigenvalue weighted by atomic mass is 10.2. The number of rotatable bonds is 8. The van der Waals surface area contributed by atoms with E-state index in [9.17, 15) is 13.6 Å². The minimum Gasteiger partial charge on any atom is -0.497 e. The minimum atomic E-state index is -0.834. The lowest BCUT2D eigenvalue weighted by Crippen LogP contribution is -2.31. The fourth-order valence-corrected chi connectivity index (χ4v) is 3.22. The predicted octanol–water partition coefficient (Wildman–Crippen LogP) is 4.58. The van der Waals surface area contributed by atoms with Gasteiger partial charge in [0.05, 0.1) is 25.0 Å². The topological polar surface area (TPSA) is 81.4 Å². The van der Waals surface area contributed by atoms with Crippen molar-refractivity contribution in [2.24, 2.45) is 0 Å². The summed E-state index contributed by atoms with van der Waals surface area (Å²) in [6.45, 7) is 0.0309. The van der Waals surface area contributed by atoms with Crippen molar-refractivity contribution in [3.8, 4) is 17.1 Å². The van der Waals surface area contributed by atoms with Gasteiger partial charge in [-0.3, -0.25) is 9.78 Å². The Bertz CT molecular complexity index is 1230. The van der Waals surface area contributed by atoms with Crippen LogP contribution in [0.1, 0.15) is 18.0 Å². The number of aryl methyl sites for hydroxylation is 1. The van der Waals surface area contributed by atoms with Gasteiger partial charge in [0.2, 0.25) is 17.6 Å². The molecule has 33 heavy (non-hydrogen) atoms. The number of carbonyl (C=O) groups excluding carboxylic acids is 1. The molecular formula is C24H20F2N4O3. The number of hydrogen-bond acceptors (Lipinski definition) is 6. The van der Waals surface area contributed by atoms with Crippen molar-refractivity contribution in [2.75, 3.05) is 12.0 Å². The first-order chi connectivity index (χ1) is 16.0. The first-order valence-corrected chi connectivity index (χ1v) is 10.2. The zero-order chi connectivity index (χ0) is 23.2. The molecule has 2 aromatic heterocycles. The van der Waals surface area contributed by atoms with Gasteiger partial charge in [0, 0.05) is 30.7 Å². The molecule has 0 atom stereocenters. The van der Waals surface area contributed by atoms with E-state index in [2.05, 4.69) is 15.1 Å². The molecule has 168 valence electrons. The molecule has 0 radical (unpaired) electrons. The van der Waals surface area contributed by atoms with Crippen molar-refractivity contribution in [3.05, 3.63) is 90.1 Å². The van der Waals surface area contributed by atoms with Crippen LogP contribution in [-0.2, 0) is 17.8 Å². The van der Waals surface area contributed by atoms with Crippen molar-refractivity contribution in [1.82, 2.24) is 15.1 Å². The highest BCUT2D eigenvalue weighted by Crippen LogP contribution is 2.24. The molecule has 2 heterocycles. The lowest BCUT2D eigenvalue weighted by molar-refractivity contribution is -0.118. The van der Waals surface area contributed by atoms with Crippen LogP contribution in [0.15, 0.2) is 71.4 Å². The first-order valence-electron chi connectivity index (χ1n) is 10.2. The quantitative estimate of drug-likeness (QED) is 0.391. The van der Waals surface area contributed by atoms with Crippen LogP contribution >= 0.6 is 0 Å². The van der Waals surface area contributed by atoms with Gasteiger partial charge < -0.3 is 14.2 Å². The third-order valence-corrected chi connectivity index (χ3v) is 4.92. The Morgan fingerprint density at radius 1 is 1.09 bits per heavy atom. The second kappa shape index (κ2) is 9.99. The fraction of sp³-hybridized carbons (Fsp3) is 0.167. The number of anilines is 1. The molecule has 4 aromatic rings. The lowest BCUT2D eigenvalue weighted by Gasteiger charge is -2.23. The van der Waals surface area contributed by atoms with E-state index in [0.717, 1.165) is 17.7 Å². The van der Waals surface area contributed by atoms with Gasteiger partial charge in [0.25, 0.3) is 0 Å². The Hall–Kier alpha value is -4.14. The molecule has 0 unspecified atom stereocenters. The van der Waals surface area contributed by atoms with E-state index in [1.54, 1.807) is 55.8 Å². The standard InChI is InChI=1S/C24H20F2N4O3/c1-32-19-8-5-16(6-9-19)24-28-22(33-29-24)11-12-23(31)30(15-18-4-2-3-13-27-18)21-10-7-17(25)14-20(21)26/h2-10,13-14H,11-12,15H2,1H3. The van der Waals surface area contributed by atoms with Crippen LogP contribution in [0, 0.1) is 11.6 Å². The molecule has 0 fully saturated rings. The van der Waals surface area contributed by atoms with Gasteiger partial charge >= 0.3 is 0 Å². The molecule has 0 bridgehead atoms. The molecule has 2 aromatic carbocycles. The second-order valence-electron chi connectivity index (χ2n) is 7.14. The normalized spacial score (nSPS) is 10.8. The van der Waals surface area contributed by atoms with E-state index in [4.69, 9.17) is 9.26 Å². The molecular weight excluding hydrogens is 430 g/mol. The largest absolute Gasteiger partial charge is 0.497 e. The molecule has 0 spiro atoms. The zero-order valence-corrected chi connectivity index (χ0v) is 17.7. The van der Waals surface area contributed by atoms with Crippen LogP contribution in [0.2, 0.25) is 0 Å². The van der Waals surface area contributed by atoms with Gasteiger partial charge in [-0.15, -0.1) is 0 Å². The van der Waals surface area contributed by atoms with Crippen molar-refractivity contribution in [3.63, 3.8) is 0 Å². The van der Waals surface area contributed by atoms with Gasteiger partial charge in [-0.25, -0.2) is 8.78 Å². The van der Waals surface area contributed by atoms with Crippen LogP contribution < -0.4 is 9.64 Å². The third kappa shape index (κ3) is 5.38. The minimum absolute atomic E-state index is 0.0199. The number of hydrogen-bond donors (Lipinski definition) is 0. The summed E-state index contributed by atoms with van der Waals surface area (Å²) in [4.78, 5) is 22.8. The Labute approximate surface area is 188 Å². The van der Waals surface area contributed by atoms with Crippen LogP contribution in [0.25, 0.3) is 11.4 Å². The number of methoxy groups -OCH3 is 1. The number of amides is 1. The summed E-state index contributed by atoms with van der Waals surface area (Å²) in [6, 6.07) is 15.5. The first kappa shape index (κ1) is 22.1. The van der Waals surface area contributed by atoms with Gasteiger partial charge in [-0.1, -0.05) is 11.2 Å². The Morgan fingerprint density at radius 3 is 2.61 bits per heavy atom. The molecule has 0 N–H and O–H groups in total. The molecule has 4 rings (SSSR count). The fourth-order valence-electron chi connectivity index (χ4n) is 3.22. The summed E-state index contributed by atoms with van der Waals surface area (Å²) >= 11 is 0. The number of carbonyl (C=O) groups is 1. The predicted molar refractivity (Wildman–Crippen MR) is 116 cm³/mol. The summed E-state index contributed by atoms with van der Waals surface area (Å²) in [6.07, 6.45) is 1.72. The van der Waals surface area contributed by atoms with Gasteiger partial charge in [0.1, 0.15) is 17.4 Å². The maximum absolute atomic E-state index is 14.5. The SMILES string of the molecule is COc1ccc(-c2noc(CCC(=O)N(Cc3ccccn3)c3ccc(F)cc3F)n2)cc1. The summed E-state index contributed by atoms with van der Waals surface area (Å²) in [5.74, 6) is -0.594. The highest BCUT2D eigenvalue weighted by Gasteiger charge is 2.21. The van der Waals surface area contributed by atoms with Crippen LogP contribution in [-0.4, -0.2) is 28.1 Å². The summed E-state index contributed by atoms with van der Waals surface area (Å²) < 4.78 is 38.3. The third-order valence-electron chi connectivity index (χ3n) is 4.92. The van der Waals surface area contributed by atoms with E-state index in [0.29, 0.717) is 17.3 Å². The number of benzene rings is 2. The average Bonchev–Trinajstić information content (AvgIpc) is 3.31. The van der Waals surface area contributed by atoms with Gasteiger partial charge in [-0.05, 0) is 48.5 Å². The second-order valence-corrected chi connectivity index (χ2v) is 7.14.